The summed E-state index contributed by atoms with van der Waals surface area (Å²) in [4.78, 5) is 10.1. The maximum absolute atomic E-state index is 5.27. The van der Waals surface area contributed by atoms with Gasteiger partial charge in [0.2, 0.25) is 0 Å². The van der Waals surface area contributed by atoms with E-state index in [9.17, 15) is 0 Å². The van der Waals surface area contributed by atoms with Crippen molar-refractivity contribution in [1.82, 2.24) is 19.1 Å². The van der Waals surface area contributed by atoms with E-state index in [1.807, 2.05) is 12.3 Å². The summed E-state index contributed by atoms with van der Waals surface area (Å²) in [5.41, 5.74) is 13.8. The molecule has 0 atom stereocenters. The molecule has 1 aliphatic rings. The molecule has 1 aliphatic carbocycles. The summed E-state index contributed by atoms with van der Waals surface area (Å²) in [7, 11) is 0. The molecule has 0 fully saturated rings. The highest BCUT2D eigenvalue weighted by molar-refractivity contribution is 6.15. The lowest BCUT2D eigenvalue weighted by molar-refractivity contribution is 1.10. The topological polar surface area (TPSA) is 35.6 Å². The van der Waals surface area contributed by atoms with Gasteiger partial charge in [0.05, 0.1) is 33.3 Å². The number of hydrogen-bond donors (Lipinski definition) is 0. The quantitative estimate of drug-likeness (QED) is 0.199. The molecule has 4 heteroatoms. The second-order valence-electron chi connectivity index (χ2n) is 12.6. The fraction of sp³-hybridized carbons (Fsp3) is 0. The molecule has 0 bridgehead atoms. The number of aromatic nitrogens is 4. The van der Waals surface area contributed by atoms with Gasteiger partial charge in [-0.3, -0.25) is 9.55 Å². The summed E-state index contributed by atoms with van der Waals surface area (Å²) in [6.45, 7) is 0. The summed E-state index contributed by atoms with van der Waals surface area (Å²) >= 11 is 0. The molecule has 6 aromatic carbocycles. The summed E-state index contributed by atoms with van der Waals surface area (Å²) in [5, 5.41) is 6.11. The Kier molecular flexibility index (Phi) is 5.08. The van der Waals surface area contributed by atoms with Crippen LogP contribution in [0.5, 0.6) is 0 Å². The van der Waals surface area contributed by atoms with E-state index < -0.39 is 0 Å². The molecule has 0 saturated carbocycles. The zero-order valence-electron chi connectivity index (χ0n) is 25.8. The van der Waals surface area contributed by atoms with Gasteiger partial charge in [-0.1, -0.05) is 91.0 Å². The SMILES string of the molecule is c1ccc(-n2c3ccccc3c3ccc(-c4ccc5c(c4)c4ccccc4n5-c4cc5c6c(cccc6n4)-c4cccnc4-5)cc32)cc1. The van der Waals surface area contributed by atoms with Gasteiger partial charge in [-0.15, -0.1) is 0 Å². The Morgan fingerprint density at radius 2 is 1.10 bits per heavy atom. The van der Waals surface area contributed by atoms with Crippen LogP contribution in [0.4, 0.5) is 0 Å². The van der Waals surface area contributed by atoms with Crippen LogP contribution >= 0.6 is 0 Å². The molecule has 0 aliphatic heterocycles. The lowest BCUT2D eigenvalue weighted by Crippen LogP contribution is -1.98. The van der Waals surface area contributed by atoms with Gasteiger partial charge in [0.15, 0.2) is 0 Å². The largest absolute Gasteiger partial charge is 0.309 e. The number of hydrogen-bond acceptors (Lipinski definition) is 2. The van der Waals surface area contributed by atoms with Crippen molar-refractivity contribution in [3.8, 4) is 45.0 Å². The van der Waals surface area contributed by atoms with Crippen LogP contribution in [0.1, 0.15) is 0 Å². The zero-order valence-corrected chi connectivity index (χ0v) is 25.8. The van der Waals surface area contributed by atoms with Crippen LogP contribution in [0.3, 0.4) is 0 Å². The summed E-state index contributed by atoms with van der Waals surface area (Å²) in [5.74, 6) is 0.904. The van der Waals surface area contributed by atoms with Crippen molar-refractivity contribution in [3.63, 3.8) is 0 Å². The van der Waals surface area contributed by atoms with Crippen molar-refractivity contribution in [2.24, 2.45) is 0 Å². The van der Waals surface area contributed by atoms with E-state index in [4.69, 9.17) is 9.97 Å². The lowest BCUT2D eigenvalue weighted by atomic mass is 10.0. The van der Waals surface area contributed by atoms with Crippen molar-refractivity contribution in [2.75, 3.05) is 0 Å². The first-order chi connectivity index (χ1) is 23.8. The molecule has 4 aromatic heterocycles. The van der Waals surface area contributed by atoms with Crippen LogP contribution in [0.2, 0.25) is 0 Å². The van der Waals surface area contributed by atoms with Gasteiger partial charge in [0.1, 0.15) is 5.82 Å². The normalized spacial score (nSPS) is 12.2. The van der Waals surface area contributed by atoms with Gasteiger partial charge in [-0.05, 0) is 77.4 Å². The van der Waals surface area contributed by atoms with Gasteiger partial charge in [0.25, 0.3) is 0 Å². The number of nitrogens with zero attached hydrogens (tertiary/aromatic N) is 4. The molecule has 0 radical (unpaired) electrons. The van der Waals surface area contributed by atoms with Gasteiger partial charge in [0, 0.05) is 49.9 Å². The monoisotopic (exact) mass is 610 g/mol. The van der Waals surface area contributed by atoms with Crippen LogP contribution < -0.4 is 0 Å². The molecule has 10 aromatic rings. The summed E-state index contributed by atoms with van der Waals surface area (Å²) in [6.07, 6.45) is 1.88. The van der Waals surface area contributed by atoms with Crippen molar-refractivity contribution in [1.29, 1.82) is 0 Å². The lowest BCUT2D eigenvalue weighted by Gasteiger charge is -2.11. The number of fused-ring (bicyclic) bond motifs is 9. The Balaban J connectivity index is 1.14. The van der Waals surface area contributed by atoms with E-state index in [0.29, 0.717) is 0 Å². The van der Waals surface area contributed by atoms with Gasteiger partial charge in [-0.25, -0.2) is 4.98 Å². The molecular formula is C44H26N4. The fourth-order valence-corrected chi connectivity index (χ4v) is 8.04. The van der Waals surface area contributed by atoms with E-state index in [-0.39, 0.29) is 0 Å². The maximum atomic E-state index is 5.27. The zero-order chi connectivity index (χ0) is 31.3. The molecular weight excluding hydrogens is 585 g/mol. The first-order valence-electron chi connectivity index (χ1n) is 16.3. The first kappa shape index (κ1) is 25.6. The first-order valence-corrected chi connectivity index (χ1v) is 16.3. The Bertz CT molecular complexity index is 2950. The number of pyridine rings is 2. The highest BCUT2D eigenvalue weighted by atomic mass is 15.1. The molecule has 0 spiro atoms. The molecule has 48 heavy (non-hydrogen) atoms. The van der Waals surface area contributed by atoms with Crippen LogP contribution in [-0.4, -0.2) is 19.1 Å². The highest BCUT2D eigenvalue weighted by Gasteiger charge is 2.25. The standard InChI is InChI=1S/C44H26N4/c1-2-10-29(11-3-1)47-38-17-6-4-12-30(38)32-21-19-28(25-41(32)47)27-20-22-40-35(24-27)31-13-5-7-18-39(31)48(40)42-26-36-43-33(14-8-16-37(43)46-42)34-15-9-23-45-44(34)36/h1-26H. The Labute approximate surface area is 275 Å². The minimum Gasteiger partial charge on any atom is -0.309 e. The molecule has 0 amide bonds. The maximum Gasteiger partial charge on any atom is 0.138 e. The van der Waals surface area contributed by atoms with Crippen molar-refractivity contribution >= 4 is 54.5 Å². The van der Waals surface area contributed by atoms with E-state index in [0.717, 1.165) is 39.3 Å². The Morgan fingerprint density at radius 1 is 0.417 bits per heavy atom. The predicted octanol–water partition coefficient (Wildman–Crippen LogP) is 11.1. The van der Waals surface area contributed by atoms with Crippen molar-refractivity contribution in [2.45, 2.75) is 0 Å². The number of para-hydroxylation sites is 3. The molecule has 0 saturated heterocycles. The second kappa shape index (κ2) is 9.50. The Hall–Kier alpha value is -6.52. The minimum absolute atomic E-state index is 0.904. The van der Waals surface area contributed by atoms with Gasteiger partial charge >= 0.3 is 0 Å². The smallest absolute Gasteiger partial charge is 0.138 e. The highest BCUT2D eigenvalue weighted by Crippen LogP contribution is 2.47. The Morgan fingerprint density at radius 3 is 1.98 bits per heavy atom. The van der Waals surface area contributed by atoms with Gasteiger partial charge < -0.3 is 4.57 Å². The molecule has 0 N–H and O–H groups in total. The average Bonchev–Trinajstić information content (AvgIpc) is 3.78. The van der Waals surface area contributed by atoms with E-state index in [2.05, 4.69) is 155 Å². The van der Waals surface area contributed by atoms with Crippen LogP contribution in [0, 0.1) is 0 Å². The molecule has 4 heterocycles. The third-order valence-corrected chi connectivity index (χ3v) is 10.1. The molecule has 222 valence electrons. The van der Waals surface area contributed by atoms with Crippen LogP contribution in [-0.2, 0) is 0 Å². The number of rotatable bonds is 3. The second-order valence-corrected chi connectivity index (χ2v) is 12.6. The molecule has 0 unspecified atom stereocenters. The summed E-state index contributed by atoms with van der Waals surface area (Å²) in [6, 6.07) is 54.6. The number of benzene rings is 6. The van der Waals surface area contributed by atoms with E-state index >= 15 is 0 Å². The van der Waals surface area contributed by atoms with Crippen LogP contribution in [0.25, 0.3) is 99.5 Å². The average molecular weight is 611 g/mol. The fourth-order valence-electron chi connectivity index (χ4n) is 8.04. The van der Waals surface area contributed by atoms with E-state index in [1.165, 1.54) is 60.2 Å². The molecule has 11 rings (SSSR count). The van der Waals surface area contributed by atoms with Crippen molar-refractivity contribution in [3.05, 3.63) is 158 Å². The van der Waals surface area contributed by atoms with Gasteiger partial charge in [-0.2, -0.15) is 0 Å². The minimum atomic E-state index is 0.904. The van der Waals surface area contributed by atoms with Crippen LogP contribution in [0.15, 0.2) is 158 Å². The predicted molar refractivity (Wildman–Crippen MR) is 198 cm³/mol. The third kappa shape index (κ3) is 3.43. The van der Waals surface area contributed by atoms with Crippen molar-refractivity contribution < 1.29 is 0 Å². The van der Waals surface area contributed by atoms with E-state index in [1.54, 1.807) is 0 Å². The molecule has 4 nitrogen and oxygen atoms in total. The summed E-state index contributed by atoms with van der Waals surface area (Å²) < 4.78 is 4.70. The third-order valence-electron chi connectivity index (χ3n) is 10.1.